The third kappa shape index (κ3) is 3.98. The molecule has 0 aliphatic carbocycles. The summed E-state index contributed by atoms with van der Waals surface area (Å²) in [7, 11) is -3.33. The van der Waals surface area contributed by atoms with Crippen LogP contribution in [0.1, 0.15) is 24.0 Å². The monoisotopic (exact) mass is 333 g/mol. The lowest BCUT2D eigenvalue weighted by Crippen LogP contribution is -2.37. The first-order valence-electron chi connectivity index (χ1n) is 7.82. The van der Waals surface area contributed by atoms with Gasteiger partial charge in [-0.1, -0.05) is 42.5 Å². The van der Waals surface area contributed by atoms with Crippen molar-refractivity contribution in [2.45, 2.75) is 31.1 Å². The summed E-state index contributed by atoms with van der Waals surface area (Å²) < 4.78 is 40.1. The van der Waals surface area contributed by atoms with Crippen molar-refractivity contribution in [3.05, 3.63) is 71.5 Å². The van der Waals surface area contributed by atoms with E-state index in [1.807, 2.05) is 30.3 Å². The highest BCUT2D eigenvalue weighted by Crippen LogP contribution is 2.26. The molecule has 1 saturated heterocycles. The van der Waals surface area contributed by atoms with E-state index in [2.05, 4.69) is 0 Å². The highest BCUT2D eigenvalue weighted by Gasteiger charge is 2.34. The van der Waals surface area contributed by atoms with Crippen LogP contribution in [0.2, 0.25) is 0 Å². The summed E-state index contributed by atoms with van der Waals surface area (Å²) in [5.41, 5.74) is 1.78. The van der Waals surface area contributed by atoms with E-state index in [1.165, 1.54) is 12.1 Å². The van der Waals surface area contributed by atoms with Gasteiger partial charge >= 0.3 is 0 Å². The molecular weight excluding hydrogens is 313 g/mol. The summed E-state index contributed by atoms with van der Waals surface area (Å²) in [5.74, 6) is -0.234. The molecule has 0 bridgehead atoms. The van der Waals surface area contributed by atoms with Crippen LogP contribution in [-0.4, -0.2) is 25.3 Å². The predicted octanol–water partition coefficient (Wildman–Crippen LogP) is 3.36. The third-order valence-corrected chi connectivity index (χ3v) is 6.15. The Morgan fingerprint density at radius 3 is 2.39 bits per heavy atom. The lowest BCUT2D eigenvalue weighted by atomic mass is 10.0. The molecule has 1 unspecified atom stereocenters. The van der Waals surface area contributed by atoms with Crippen molar-refractivity contribution in [1.82, 2.24) is 4.31 Å². The van der Waals surface area contributed by atoms with Gasteiger partial charge in [-0.3, -0.25) is 0 Å². The Morgan fingerprint density at radius 1 is 1.00 bits per heavy atom. The molecule has 0 amide bonds. The second-order valence-electron chi connectivity index (χ2n) is 5.98. The van der Waals surface area contributed by atoms with Crippen molar-refractivity contribution in [3.8, 4) is 0 Å². The molecule has 1 aliphatic heterocycles. The molecule has 0 N–H and O–H groups in total. The Hall–Kier alpha value is -1.72. The maximum absolute atomic E-state index is 13.0. The van der Waals surface area contributed by atoms with Crippen LogP contribution in [-0.2, 0) is 22.2 Å². The predicted molar refractivity (Wildman–Crippen MR) is 88.9 cm³/mol. The second kappa shape index (κ2) is 6.81. The fraction of sp³-hybridized carbons (Fsp3) is 0.333. The summed E-state index contributed by atoms with van der Waals surface area (Å²) in [6.07, 6.45) is 2.36. The van der Waals surface area contributed by atoms with Crippen molar-refractivity contribution in [3.63, 3.8) is 0 Å². The minimum Gasteiger partial charge on any atom is -0.212 e. The molecule has 23 heavy (non-hydrogen) atoms. The molecule has 1 heterocycles. The van der Waals surface area contributed by atoms with Crippen LogP contribution < -0.4 is 0 Å². The topological polar surface area (TPSA) is 37.4 Å². The van der Waals surface area contributed by atoms with Gasteiger partial charge in [-0.25, -0.2) is 12.8 Å². The van der Waals surface area contributed by atoms with E-state index < -0.39 is 10.0 Å². The first-order chi connectivity index (χ1) is 11.0. The molecule has 3 rings (SSSR count). The number of halogens is 1. The summed E-state index contributed by atoms with van der Waals surface area (Å²) in [6.45, 7) is 0.570. The Balaban J connectivity index is 1.74. The molecule has 5 heteroatoms. The third-order valence-electron chi connectivity index (χ3n) is 4.26. The lowest BCUT2D eigenvalue weighted by molar-refractivity contribution is 0.385. The molecule has 3 nitrogen and oxygen atoms in total. The molecule has 0 aromatic heterocycles. The Morgan fingerprint density at radius 2 is 1.70 bits per heavy atom. The van der Waals surface area contributed by atoms with Crippen molar-refractivity contribution in [2.24, 2.45) is 0 Å². The molecule has 2 aromatic carbocycles. The van der Waals surface area contributed by atoms with E-state index in [0.717, 1.165) is 24.0 Å². The number of hydrogen-bond acceptors (Lipinski definition) is 2. The Bertz CT molecular complexity index is 744. The van der Waals surface area contributed by atoms with Gasteiger partial charge in [0.05, 0.1) is 5.75 Å². The molecular formula is C18H20FNO2S. The quantitative estimate of drug-likeness (QED) is 0.841. The van der Waals surface area contributed by atoms with Crippen LogP contribution in [0.4, 0.5) is 4.39 Å². The lowest BCUT2D eigenvalue weighted by Gasteiger charge is -2.24. The molecule has 0 radical (unpaired) electrons. The van der Waals surface area contributed by atoms with E-state index in [0.29, 0.717) is 13.0 Å². The number of hydrogen-bond donors (Lipinski definition) is 0. The first-order valence-corrected chi connectivity index (χ1v) is 9.43. The zero-order chi connectivity index (χ0) is 16.3. The van der Waals surface area contributed by atoms with Gasteiger partial charge in [0.1, 0.15) is 5.82 Å². The van der Waals surface area contributed by atoms with Gasteiger partial charge in [0.15, 0.2) is 0 Å². The zero-order valence-electron chi connectivity index (χ0n) is 12.9. The minimum atomic E-state index is -3.33. The average molecular weight is 333 g/mol. The summed E-state index contributed by atoms with van der Waals surface area (Å²) >= 11 is 0. The van der Waals surface area contributed by atoms with Crippen molar-refractivity contribution < 1.29 is 12.8 Å². The fourth-order valence-electron chi connectivity index (χ4n) is 3.14. The van der Waals surface area contributed by atoms with Crippen LogP contribution >= 0.6 is 0 Å². The highest BCUT2D eigenvalue weighted by atomic mass is 32.2. The smallest absolute Gasteiger partial charge is 0.212 e. The van der Waals surface area contributed by atoms with Crippen LogP contribution in [0.3, 0.4) is 0 Å². The second-order valence-corrected chi connectivity index (χ2v) is 7.90. The fourth-order valence-corrected chi connectivity index (χ4v) is 4.96. The van der Waals surface area contributed by atoms with E-state index in [4.69, 9.17) is 0 Å². The molecule has 1 aliphatic rings. The van der Waals surface area contributed by atoms with Gasteiger partial charge in [-0.15, -0.1) is 0 Å². The Labute approximate surface area is 136 Å². The van der Waals surface area contributed by atoms with Crippen molar-refractivity contribution in [1.29, 1.82) is 0 Å². The van der Waals surface area contributed by atoms with Crippen LogP contribution in [0.5, 0.6) is 0 Å². The van der Waals surface area contributed by atoms with E-state index >= 15 is 0 Å². The van der Waals surface area contributed by atoms with Gasteiger partial charge < -0.3 is 0 Å². The Kier molecular flexibility index (Phi) is 4.78. The maximum atomic E-state index is 13.0. The van der Waals surface area contributed by atoms with Gasteiger partial charge in [0.25, 0.3) is 0 Å². The largest absolute Gasteiger partial charge is 0.218 e. The van der Waals surface area contributed by atoms with Crippen LogP contribution in [0, 0.1) is 5.82 Å². The van der Waals surface area contributed by atoms with Crippen LogP contribution in [0.25, 0.3) is 0 Å². The normalized spacial score (nSPS) is 19.1. The zero-order valence-corrected chi connectivity index (χ0v) is 13.7. The van der Waals surface area contributed by atoms with Gasteiger partial charge in [-0.05, 0) is 42.5 Å². The summed E-state index contributed by atoms with van der Waals surface area (Å²) in [5, 5.41) is 0. The number of benzene rings is 2. The maximum Gasteiger partial charge on any atom is 0.218 e. The van der Waals surface area contributed by atoms with Gasteiger partial charge in [0.2, 0.25) is 10.0 Å². The van der Waals surface area contributed by atoms with Crippen molar-refractivity contribution >= 4 is 10.0 Å². The van der Waals surface area contributed by atoms with E-state index in [9.17, 15) is 12.8 Å². The molecule has 0 spiro atoms. The minimum absolute atomic E-state index is 0.0332. The number of rotatable bonds is 5. The van der Waals surface area contributed by atoms with Crippen molar-refractivity contribution in [2.75, 3.05) is 6.54 Å². The SMILES string of the molecule is O=S(=O)(Cc1ccccc1)N1CCCC1Cc1ccc(F)cc1. The number of nitrogens with zero attached hydrogens (tertiary/aromatic N) is 1. The van der Waals surface area contributed by atoms with Crippen LogP contribution in [0.15, 0.2) is 54.6 Å². The average Bonchev–Trinajstić information content (AvgIpc) is 2.99. The standard InChI is InChI=1S/C18H20FNO2S/c19-17-10-8-15(9-11-17)13-18-7-4-12-20(18)23(21,22)14-16-5-2-1-3-6-16/h1-3,5-6,8-11,18H,4,7,12-14H2. The number of sulfonamides is 1. The highest BCUT2D eigenvalue weighted by molar-refractivity contribution is 7.88. The molecule has 0 saturated carbocycles. The van der Waals surface area contributed by atoms with E-state index in [1.54, 1.807) is 16.4 Å². The first kappa shape index (κ1) is 16.1. The molecule has 1 atom stereocenters. The molecule has 1 fully saturated rings. The van der Waals surface area contributed by atoms with Gasteiger partial charge in [-0.2, -0.15) is 4.31 Å². The van der Waals surface area contributed by atoms with E-state index in [-0.39, 0.29) is 17.6 Å². The molecule has 122 valence electrons. The summed E-state index contributed by atoms with van der Waals surface area (Å²) in [4.78, 5) is 0. The summed E-state index contributed by atoms with van der Waals surface area (Å²) in [6, 6.07) is 15.5. The van der Waals surface area contributed by atoms with Gasteiger partial charge in [0, 0.05) is 12.6 Å². The molecule has 2 aromatic rings.